The molecule has 0 bridgehead atoms. The monoisotopic (exact) mass is 254 g/mol. The van der Waals surface area contributed by atoms with Crippen molar-refractivity contribution in [3.63, 3.8) is 0 Å². The summed E-state index contributed by atoms with van der Waals surface area (Å²) < 4.78 is 5.26. The summed E-state index contributed by atoms with van der Waals surface area (Å²) in [7, 11) is 0. The van der Waals surface area contributed by atoms with Gasteiger partial charge in [-0.1, -0.05) is 11.6 Å². The molecule has 15 heavy (non-hydrogen) atoms. The number of carbonyl (C=O) groups is 1. The van der Waals surface area contributed by atoms with Crippen LogP contribution in [0.1, 0.15) is 13.8 Å². The standard InChI is InChI=1S/C10H11ClO3.K.H/c1-10(2,9(12)13)14-8-5-3-7(11)4-6-8;;/h3-6H,1-2H3,(H,12,13);;. The molecule has 0 saturated heterocycles. The Morgan fingerprint density at radius 2 is 1.80 bits per heavy atom. The van der Waals surface area contributed by atoms with Gasteiger partial charge in [-0.3, -0.25) is 0 Å². The van der Waals surface area contributed by atoms with Crippen molar-refractivity contribution in [2.45, 2.75) is 19.4 Å². The van der Waals surface area contributed by atoms with Crippen molar-refractivity contribution in [3.8, 4) is 5.75 Å². The van der Waals surface area contributed by atoms with Crippen LogP contribution in [0.5, 0.6) is 5.75 Å². The fraction of sp³-hybridized carbons (Fsp3) is 0.300. The first-order valence-corrected chi connectivity index (χ1v) is 4.47. The summed E-state index contributed by atoms with van der Waals surface area (Å²) in [6, 6.07) is 6.56. The number of rotatable bonds is 3. The fourth-order valence-corrected chi connectivity index (χ4v) is 0.967. The minimum absolute atomic E-state index is 0. The van der Waals surface area contributed by atoms with E-state index < -0.39 is 11.6 Å². The molecule has 0 amide bonds. The first-order valence-electron chi connectivity index (χ1n) is 4.10. The molecule has 78 valence electrons. The third-order valence-electron chi connectivity index (χ3n) is 1.70. The number of benzene rings is 1. The molecular formula is C10H12ClKO3. The molecular weight excluding hydrogens is 243 g/mol. The zero-order chi connectivity index (χ0) is 10.8. The second-order valence-electron chi connectivity index (χ2n) is 3.37. The number of aliphatic carboxylic acids is 1. The number of hydrogen-bond acceptors (Lipinski definition) is 2. The number of carboxylic acid groups (broad SMARTS) is 1. The Morgan fingerprint density at radius 3 is 2.20 bits per heavy atom. The van der Waals surface area contributed by atoms with Crippen molar-refractivity contribution in [1.29, 1.82) is 0 Å². The first-order chi connectivity index (χ1) is 6.42. The molecule has 0 fully saturated rings. The predicted molar refractivity (Wildman–Crippen MR) is 60.9 cm³/mol. The summed E-state index contributed by atoms with van der Waals surface area (Å²) >= 11 is 5.67. The Labute approximate surface area is 136 Å². The Bertz CT molecular complexity index is 335. The van der Waals surface area contributed by atoms with E-state index in [4.69, 9.17) is 21.4 Å². The maximum atomic E-state index is 10.7. The molecule has 3 nitrogen and oxygen atoms in total. The van der Waals surface area contributed by atoms with Gasteiger partial charge < -0.3 is 9.84 Å². The van der Waals surface area contributed by atoms with Gasteiger partial charge in [0, 0.05) is 5.02 Å². The Hall–Kier alpha value is 0.416. The van der Waals surface area contributed by atoms with E-state index in [9.17, 15) is 4.79 Å². The van der Waals surface area contributed by atoms with Gasteiger partial charge in [0.05, 0.1) is 0 Å². The van der Waals surface area contributed by atoms with E-state index >= 15 is 0 Å². The molecule has 0 heterocycles. The van der Waals surface area contributed by atoms with Crippen molar-refractivity contribution in [2.24, 2.45) is 0 Å². The van der Waals surface area contributed by atoms with Crippen LogP contribution in [-0.2, 0) is 4.79 Å². The van der Waals surface area contributed by atoms with Crippen molar-refractivity contribution in [2.75, 3.05) is 0 Å². The van der Waals surface area contributed by atoms with E-state index in [1.165, 1.54) is 13.8 Å². The number of halogens is 1. The van der Waals surface area contributed by atoms with Crippen LogP contribution in [0.4, 0.5) is 0 Å². The second-order valence-corrected chi connectivity index (χ2v) is 3.81. The van der Waals surface area contributed by atoms with E-state index in [-0.39, 0.29) is 51.4 Å². The average molecular weight is 255 g/mol. The molecule has 0 unspecified atom stereocenters. The van der Waals surface area contributed by atoms with Crippen LogP contribution < -0.4 is 4.74 Å². The SMILES string of the molecule is CC(C)(Oc1ccc(Cl)cc1)C(=O)O.[KH]. The van der Waals surface area contributed by atoms with Gasteiger partial charge in [0.2, 0.25) is 0 Å². The second kappa shape index (κ2) is 6.23. The third kappa shape index (κ3) is 4.85. The van der Waals surface area contributed by atoms with Gasteiger partial charge in [-0.05, 0) is 38.1 Å². The molecule has 0 atom stereocenters. The fourth-order valence-electron chi connectivity index (χ4n) is 0.841. The van der Waals surface area contributed by atoms with Gasteiger partial charge in [-0.2, -0.15) is 0 Å². The molecule has 1 N–H and O–H groups in total. The van der Waals surface area contributed by atoms with Gasteiger partial charge in [0.25, 0.3) is 0 Å². The van der Waals surface area contributed by atoms with E-state index in [0.29, 0.717) is 10.8 Å². The van der Waals surface area contributed by atoms with Crippen LogP contribution in [0.25, 0.3) is 0 Å². The van der Waals surface area contributed by atoms with Crippen LogP contribution in [-0.4, -0.2) is 68.1 Å². The van der Waals surface area contributed by atoms with Crippen LogP contribution in [0.3, 0.4) is 0 Å². The van der Waals surface area contributed by atoms with Crippen molar-refractivity contribution in [3.05, 3.63) is 29.3 Å². The maximum absolute atomic E-state index is 10.7. The molecule has 0 saturated carbocycles. The molecule has 0 aliphatic carbocycles. The Balaban J connectivity index is 0.00000196. The van der Waals surface area contributed by atoms with Crippen molar-refractivity contribution < 1.29 is 14.6 Å². The Morgan fingerprint density at radius 1 is 1.33 bits per heavy atom. The number of ether oxygens (including phenoxy) is 1. The quantitative estimate of drug-likeness (QED) is 0.839. The number of hydrogen-bond donors (Lipinski definition) is 1. The average Bonchev–Trinajstić information content (AvgIpc) is 2.08. The summed E-state index contributed by atoms with van der Waals surface area (Å²) in [5.74, 6) is -0.519. The van der Waals surface area contributed by atoms with Gasteiger partial charge in [-0.25, -0.2) is 4.79 Å². The molecule has 0 radical (unpaired) electrons. The normalized spacial score (nSPS) is 10.3. The molecule has 0 aliphatic rings. The zero-order valence-corrected chi connectivity index (χ0v) is 8.71. The molecule has 1 aromatic rings. The number of carboxylic acids is 1. The van der Waals surface area contributed by atoms with Crippen LogP contribution >= 0.6 is 11.6 Å². The summed E-state index contributed by atoms with van der Waals surface area (Å²) in [4.78, 5) is 10.7. The Kier molecular flexibility index (Phi) is 6.40. The van der Waals surface area contributed by atoms with Crippen molar-refractivity contribution >= 4 is 69.0 Å². The summed E-state index contributed by atoms with van der Waals surface area (Å²) in [5, 5.41) is 9.39. The first kappa shape index (κ1) is 15.4. The summed E-state index contributed by atoms with van der Waals surface area (Å²) in [5.41, 5.74) is -1.23. The molecule has 0 aliphatic heterocycles. The van der Waals surface area contributed by atoms with E-state index in [1.54, 1.807) is 24.3 Å². The van der Waals surface area contributed by atoms with E-state index in [1.807, 2.05) is 0 Å². The minimum atomic E-state index is -1.23. The molecule has 1 rings (SSSR count). The van der Waals surface area contributed by atoms with Crippen LogP contribution in [0.15, 0.2) is 24.3 Å². The van der Waals surface area contributed by atoms with Gasteiger partial charge >= 0.3 is 57.4 Å². The van der Waals surface area contributed by atoms with E-state index in [0.717, 1.165) is 0 Å². The van der Waals surface area contributed by atoms with Gasteiger partial charge in [0.1, 0.15) is 5.75 Å². The van der Waals surface area contributed by atoms with Gasteiger partial charge in [0.15, 0.2) is 5.60 Å². The van der Waals surface area contributed by atoms with Crippen molar-refractivity contribution in [1.82, 2.24) is 0 Å². The van der Waals surface area contributed by atoms with Crippen LogP contribution in [0, 0.1) is 0 Å². The van der Waals surface area contributed by atoms with Crippen LogP contribution in [0.2, 0.25) is 5.02 Å². The summed E-state index contributed by atoms with van der Waals surface area (Å²) in [6.45, 7) is 2.98. The molecule has 5 heteroatoms. The zero-order valence-electron chi connectivity index (χ0n) is 7.95. The topological polar surface area (TPSA) is 46.5 Å². The third-order valence-corrected chi connectivity index (χ3v) is 1.95. The molecule has 0 aromatic heterocycles. The predicted octanol–water partition coefficient (Wildman–Crippen LogP) is 1.93. The van der Waals surface area contributed by atoms with E-state index in [2.05, 4.69) is 0 Å². The molecule has 0 spiro atoms. The summed E-state index contributed by atoms with van der Waals surface area (Å²) in [6.07, 6.45) is 0. The van der Waals surface area contributed by atoms with Gasteiger partial charge in [-0.15, -0.1) is 0 Å². The molecule has 1 aromatic carbocycles.